The van der Waals surface area contributed by atoms with Crippen LogP contribution in [-0.4, -0.2) is 23.9 Å². The van der Waals surface area contributed by atoms with Gasteiger partial charge < -0.3 is 14.5 Å². The van der Waals surface area contributed by atoms with Gasteiger partial charge in [-0.25, -0.2) is 0 Å². The minimum atomic E-state index is -5.45. The largest absolute Gasteiger partial charge is 0.574 e. The van der Waals surface area contributed by atoms with E-state index >= 15 is 0 Å². The summed E-state index contributed by atoms with van der Waals surface area (Å²) < 4.78 is 82.1. The van der Waals surface area contributed by atoms with Crippen LogP contribution in [0.15, 0.2) is 10.9 Å². The van der Waals surface area contributed by atoms with E-state index in [1.165, 1.54) is 6.92 Å². The molecule has 124 valence electrons. The van der Waals surface area contributed by atoms with E-state index in [9.17, 15) is 35.9 Å². The molecule has 0 saturated carbocycles. The summed E-state index contributed by atoms with van der Waals surface area (Å²) in [6.45, 7) is 1.40. The maximum Gasteiger partial charge on any atom is 0.574 e. The molecule has 1 heterocycles. The summed E-state index contributed by atoms with van der Waals surface area (Å²) in [5.74, 6) is -2.76. The van der Waals surface area contributed by atoms with Gasteiger partial charge in [0.1, 0.15) is 0 Å². The highest BCUT2D eigenvalue weighted by Crippen LogP contribution is 2.35. The number of hydrogen-bond acceptors (Lipinski definition) is 4. The van der Waals surface area contributed by atoms with Crippen molar-refractivity contribution in [2.45, 2.75) is 25.9 Å². The van der Waals surface area contributed by atoms with E-state index < -0.39 is 47.5 Å². The van der Waals surface area contributed by atoms with Crippen molar-refractivity contribution >= 4 is 5.97 Å². The molecule has 0 unspecified atom stereocenters. The quantitative estimate of drug-likeness (QED) is 0.679. The van der Waals surface area contributed by atoms with Crippen molar-refractivity contribution in [1.29, 1.82) is 0 Å². The van der Waals surface area contributed by atoms with Crippen molar-refractivity contribution in [1.82, 2.24) is 4.98 Å². The Labute approximate surface area is 118 Å². The second kappa shape index (κ2) is 6.28. The molecule has 0 saturated heterocycles. The average molecular weight is 333 g/mol. The van der Waals surface area contributed by atoms with Crippen LogP contribution in [0, 0.1) is 0 Å². The van der Waals surface area contributed by atoms with Crippen molar-refractivity contribution in [3.8, 4) is 5.88 Å². The van der Waals surface area contributed by atoms with E-state index in [1.807, 2.05) is 0 Å². The summed E-state index contributed by atoms with van der Waals surface area (Å²) in [6.07, 6.45) is -11.5. The number of H-pyrrole nitrogens is 1. The molecule has 1 aromatic rings. The highest BCUT2D eigenvalue weighted by molar-refractivity contribution is 5.72. The average Bonchev–Trinajstić information content (AvgIpc) is 2.23. The molecule has 0 radical (unpaired) electrons. The van der Waals surface area contributed by atoms with Gasteiger partial charge >= 0.3 is 18.5 Å². The Kier molecular flexibility index (Phi) is 5.09. The van der Waals surface area contributed by atoms with Crippen LogP contribution < -0.4 is 10.2 Å². The number of carbonyl (C=O) groups excluding carboxylic acids is 1. The Bertz CT molecular complexity index is 604. The standard InChI is InChI=1S/C11H9F6NO4/c1-2-21-7(20)4-5-3-6(19)8(10(12,13)14)9(18-5)22-11(15,16)17/h3H,2,4H2,1H3,(H,18,19). The highest BCUT2D eigenvalue weighted by atomic mass is 19.4. The Hall–Kier alpha value is -2.20. The van der Waals surface area contributed by atoms with Gasteiger partial charge in [-0.3, -0.25) is 9.59 Å². The smallest absolute Gasteiger partial charge is 0.466 e. The first-order chi connectivity index (χ1) is 9.94. The molecule has 0 aromatic carbocycles. The van der Waals surface area contributed by atoms with Crippen molar-refractivity contribution in [2.24, 2.45) is 0 Å². The first kappa shape index (κ1) is 17.9. The van der Waals surface area contributed by atoms with Gasteiger partial charge in [0.2, 0.25) is 5.88 Å². The number of nitrogens with one attached hydrogen (secondary N) is 1. The molecular weight excluding hydrogens is 324 g/mol. The molecule has 0 aliphatic heterocycles. The molecule has 0 aliphatic carbocycles. The molecule has 1 aromatic heterocycles. The Morgan fingerprint density at radius 2 is 1.82 bits per heavy atom. The predicted octanol–water partition coefficient (Wildman–Crippen LogP) is 2.40. The summed E-state index contributed by atoms with van der Waals surface area (Å²) in [6, 6.07) is 0.364. The lowest BCUT2D eigenvalue weighted by molar-refractivity contribution is -0.278. The van der Waals surface area contributed by atoms with Crippen LogP contribution in [-0.2, 0) is 22.1 Å². The van der Waals surface area contributed by atoms with Gasteiger partial charge in [-0.05, 0) is 6.92 Å². The molecule has 0 aliphatic rings. The number of esters is 1. The third kappa shape index (κ3) is 4.97. The van der Waals surface area contributed by atoms with E-state index in [0.717, 1.165) is 0 Å². The summed E-state index contributed by atoms with van der Waals surface area (Å²) in [7, 11) is 0. The molecule has 5 nitrogen and oxygen atoms in total. The van der Waals surface area contributed by atoms with Gasteiger partial charge in [0.05, 0.1) is 13.0 Å². The second-order valence-corrected chi connectivity index (χ2v) is 3.89. The summed E-state index contributed by atoms with van der Waals surface area (Å²) >= 11 is 0. The van der Waals surface area contributed by atoms with Crippen molar-refractivity contribution < 1.29 is 40.6 Å². The Morgan fingerprint density at radius 3 is 2.27 bits per heavy atom. The molecule has 1 rings (SSSR count). The molecule has 0 spiro atoms. The first-order valence-corrected chi connectivity index (χ1v) is 5.68. The lowest BCUT2D eigenvalue weighted by atomic mass is 10.2. The molecular formula is C11H9F6NO4. The Morgan fingerprint density at radius 1 is 1.23 bits per heavy atom. The number of rotatable bonds is 4. The molecule has 0 amide bonds. The molecule has 11 heteroatoms. The van der Waals surface area contributed by atoms with Crippen LogP contribution in [0.2, 0.25) is 0 Å². The van der Waals surface area contributed by atoms with E-state index in [4.69, 9.17) is 0 Å². The summed E-state index contributed by atoms with van der Waals surface area (Å²) in [5.41, 5.74) is -4.40. The fraction of sp³-hybridized carbons (Fsp3) is 0.455. The van der Waals surface area contributed by atoms with Crippen molar-refractivity contribution in [3.63, 3.8) is 0 Å². The maximum absolute atomic E-state index is 12.6. The summed E-state index contributed by atoms with van der Waals surface area (Å²) in [5, 5.41) is 0. The number of pyridine rings is 1. The van der Waals surface area contributed by atoms with Crippen LogP contribution in [0.5, 0.6) is 5.88 Å². The van der Waals surface area contributed by atoms with Crippen LogP contribution in [0.3, 0.4) is 0 Å². The molecule has 22 heavy (non-hydrogen) atoms. The highest BCUT2D eigenvalue weighted by Gasteiger charge is 2.42. The van der Waals surface area contributed by atoms with E-state index in [1.54, 1.807) is 4.98 Å². The zero-order valence-electron chi connectivity index (χ0n) is 10.9. The second-order valence-electron chi connectivity index (χ2n) is 3.89. The normalized spacial score (nSPS) is 12.1. The zero-order chi connectivity index (χ0) is 17.1. The van der Waals surface area contributed by atoms with Gasteiger partial charge in [-0.1, -0.05) is 0 Å². The van der Waals surface area contributed by atoms with Gasteiger partial charge in [0.15, 0.2) is 11.0 Å². The van der Waals surface area contributed by atoms with Crippen LogP contribution in [0.25, 0.3) is 0 Å². The number of hydrogen-bond donors (Lipinski definition) is 1. The predicted molar refractivity (Wildman–Crippen MR) is 59.1 cm³/mol. The van der Waals surface area contributed by atoms with Crippen LogP contribution in [0.4, 0.5) is 26.3 Å². The monoisotopic (exact) mass is 333 g/mol. The fourth-order valence-corrected chi connectivity index (χ4v) is 1.51. The number of ether oxygens (including phenoxy) is 2. The van der Waals surface area contributed by atoms with E-state index in [-0.39, 0.29) is 6.61 Å². The molecule has 0 bridgehead atoms. The van der Waals surface area contributed by atoms with Gasteiger partial charge in [0.25, 0.3) is 0 Å². The van der Waals surface area contributed by atoms with Crippen molar-refractivity contribution in [2.75, 3.05) is 6.61 Å². The molecule has 0 atom stereocenters. The van der Waals surface area contributed by atoms with E-state index in [0.29, 0.717) is 6.07 Å². The number of aromatic nitrogens is 1. The first-order valence-electron chi connectivity index (χ1n) is 5.68. The minimum Gasteiger partial charge on any atom is -0.466 e. The molecule has 1 N–H and O–H groups in total. The van der Waals surface area contributed by atoms with Crippen molar-refractivity contribution in [3.05, 3.63) is 27.5 Å². The minimum absolute atomic E-state index is 0.0460. The van der Waals surface area contributed by atoms with Gasteiger partial charge in [-0.15, -0.1) is 13.2 Å². The maximum atomic E-state index is 12.6. The SMILES string of the molecule is CCOC(=O)Cc1cc(=O)c(C(F)(F)F)c(OC(F)(F)F)[nH]1. The lowest BCUT2D eigenvalue weighted by Gasteiger charge is -2.15. The number of aromatic amines is 1. The lowest BCUT2D eigenvalue weighted by Crippen LogP contribution is -2.27. The molecule has 0 fully saturated rings. The van der Waals surface area contributed by atoms with E-state index in [2.05, 4.69) is 9.47 Å². The van der Waals surface area contributed by atoms with Gasteiger partial charge in [0, 0.05) is 11.8 Å². The third-order valence-electron chi connectivity index (χ3n) is 2.19. The van der Waals surface area contributed by atoms with Crippen LogP contribution >= 0.6 is 0 Å². The summed E-state index contributed by atoms with van der Waals surface area (Å²) in [4.78, 5) is 24.2. The van der Waals surface area contributed by atoms with Crippen LogP contribution in [0.1, 0.15) is 18.2 Å². The topological polar surface area (TPSA) is 68.4 Å². The van der Waals surface area contributed by atoms with Gasteiger partial charge in [-0.2, -0.15) is 13.2 Å². The Balaban J connectivity index is 3.32. The third-order valence-corrected chi connectivity index (χ3v) is 2.19. The number of halogens is 6. The fourth-order valence-electron chi connectivity index (χ4n) is 1.51. The number of carbonyl (C=O) groups is 1. The number of alkyl halides is 6. The zero-order valence-corrected chi connectivity index (χ0v) is 10.9.